The van der Waals surface area contributed by atoms with Crippen molar-refractivity contribution in [2.24, 2.45) is 5.73 Å². The largest absolute Gasteiger partial charge is 0.354 e. The summed E-state index contributed by atoms with van der Waals surface area (Å²) in [5.41, 5.74) is 6.18. The number of hydrogen-bond donors (Lipinski definition) is 3. The molecule has 4 N–H and O–H groups in total. The van der Waals surface area contributed by atoms with Gasteiger partial charge in [-0.05, 0) is 44.0 Å². The summed E-state index contributed by atoms with van der Waals surface area (Å²) >= 11 is 0. The van der Waals surface area contributed by atoms with Crippen LogP contribution in [0.25, 0.3) is 0 Å². The normalized spacial score (nSPS) is 10.4. The van der Waals surface area contributed by atoms with Crippen LogP contribution in [0.1, 0.15) is 48.0 Å². The summed E-state index contributed by atoms with van der Waals surface area (Å²) in [5, 5.41) is 5.40. The summed E-state index contributed by atoms with van der Waals surface area (Å²) in [6.45, 7) is 3.01. The molecule has 0 aliphatic carbocycles. The van der Waals surface area contributed by atoms with Crippen LogP contribution in [-0.2, 0) is 4.79 Å². The Kier molecular flexibility index (Phi) is 8.90. The molecule has 0 aliphatic rings. The first-order valence-corrected chi connectivity index (χ1v) is 8.05. The number of rotatable bonds is 10. The standard InChI is InChI=1S/C17H26FN3O2/c1-13-7-8-14(12-15(13)18)17(23)21-11-10-20-16(22)6-4-2-3-5-9-19/h7-8,12H,2-6,9-11,19H2,1H3,(H,20,22)(H,21,23). The van der Waals surface area contributed by atoms with Gasteiger partial charge < -0.3 is 16.4 Å². The molecule has 0 atom stereocenters. The van der Waals surface area contributed by atoms with Crippen molar-refractivity contribution in [1.82, 2.24) is 10.6 Å². The van der Waals surface area contributed by atoms with Gasteiger partial charge in [-0.1, -0.05) is 18.9 Å². The van der Waals surface area contributed by atoms with Crippen LogP contribution < -0.4 is 16.4 Å². The first-order chi connectivity index (χ1) is 11.0. The van der Waals surface area contributed by atoms with Gasteiger partial charge >= 0.3 is 0 Å². The van der Waals surface area contributed by atoms with Gasteiger partial charge in [0.25, 0.3) is 5.91 Å². The molecule has 0 aliphatic heterocycles. The second-order valence-electron chi connectivity index (χ2n) is 5.52. The van der Waals surface area contributed by atoms with E-state index in [2.05, 4.69) is 10.6 Å². The van der Waals surface area contributed by atoms with Crippen molar-refractivity contribution >= 4 is 11.8 Å². The smallest absolute Gasteiger partial charge is 0.251 e. The highest BCUT2D eigenvalue weighted by Gasteiger charge is 2.07. The van der Waals surface area contributed by atoms with Crippen molar-refractivity contribution in [2.45, 2.75) is 39.0 Å². The number of amides is 2. The molecule has 0 radical (unpaired) electrons. The lowest BCUT2D eigenvalue weighted by molar-refractivity contribution is -0.121. The number of aryl methyl sites for hydroxylation is 1. The van der Waals surface area contributed by atoms with E-state index in [0.717, 1.165) is 25.7 Å². The summed E-state index contributed by atoms with van der Waals surface area (Å²) in [4.78, 5) is 23.4. The lowest BCUT2D eigenvalue weighted by Crippen LogP contribution is -2.34. The molecule has 0 heterocycles. The van der Waals surface area contributed by atoms with Gasteiger partial charge in [-0.15, -0.1) is 0 Å². The average molecular weight is 323 g/mol. The number of halogens is 1. The Morgan fingerprint density at radius 3 is 2.48 bits per heavy atom. The van der Waals surface area contributed by atoms with Gasteiger partial charge in [0, 0.05) is 25.1 Å². The lowest BCUT2D eigenvalue weighted by atomic mass is 10.1. The van der Waals surface area contributed by atoms with Crippen LogP contribution in [0.2, 0.25) is 0 Å². The van der Waals surface area contributed by atoms with Gasteiger partial charge in [0.05, 0.1) is 0 Å². The van der Waals surface area contributed by atoms with E-state index in [1.165, 1.54) is 6.07 Å². The third kappa shape index (κ3) is 7.74. The maximum absolute atomic E-state index is 13.4. The number of benzene rings is 1. The zero-order valence-corrected chi connectivity index (χ0v) is 13.7. The molecule has 1 aromatic rings. The first kappa shape index (κ1) is 19.1. The van der Waals surface area contributed by atoms with E-state index >= 15 is 0 Å². The number of hydrogen-bond acceptors (Lipinski definition) is 3. The van der Waals surface area contributed by atoms with Gasteiger partial charge in [0.2, 0.25) is 5.91 Å². The molecule has 0 fully saturated rings. The van der Waals surface area contributed by atoms with Crippen LogP contribution in [0.4, 0.5) is 4.39 Å². The van der Waals surface area contributed by atoms with E-state index in [0.29, 0.717) is 31.6 Å². The molecule has 0 aromatic heterocycles. The fourth-order valence-corrected chi connectivity index (χ4v) is 2.09. The predicted octanol–water partition coefficient (Wildman–Crippen LogP) is 1.89. The molecule has 1 rings (SSSR count). The molecule has 1 aromatic carbocycles. The third-order valence-corrected chi connectivity index (χ3v) is 3.52. The predicted molar refractivity (Wildman–Crippen MR) is 88.6 cm³/mol. The van der Waals surface area contributed by atoms with Crippen molar-refractivity contribution < 1.29 is 14.0 Å². The van der Waals surface area contributed by atoms with Gasteiger partial charge in [-0.25, -0.2) is 4.39 Å². The first-order valence-electron chi connectivity index (χ1n) is 8.05. The van der Waals surface area contributed by atoms with E-state index in [-0.39, 0.29) is 17.4 Å². The zero-order chi connectivity index (χ0) is 17.1. The number of nitrogens with one attached hydrogen (secondary N) is 2. The topological polar surface area (TPSA) is 84.2 Å². The van der Waals surface area contributed by atoms with Crippen molar-refractivity contribution in [3.63, 3.8) is 0 Å². The molecule has 0 saturated heterocycles. The minimum atomic E-state index is -0.402. The molecule has 23 heavy (non-hydrogen) atoms. The van der Waals surface area contributed by atoms with Crippen molar-refractivity contribution in [3.05, 3.63) is 35.1 Å². The van der Waals surface area contributed by atoms with Crippen molar-refractivity contribution in [1.29, 1.82) is 0 Å². The molecular formula is C17H26FN3O2. The Labute approximate surface area is 136 Å². The van der Waals surface area contributed by atoms with Crippen molar-refractivity contribution in [2.75, 3.05) is 19.6 Å². The highest BCUT2D eigenvalue weighted by molar-refractivity contribution is 5.94. The molecule has 5 nitrogen and oxygen atoms in total. The number of unbranched alkanes of at least 4 members (excludes halogenated alkanes) is 3. The van der Waals surface area contributed by atoms with E-state index in [1.54, 1.807) is 19.1 Å². The van der Waals surface area contributed by atoms with E-state index in [1.807, 2.05) is 0 Å². The fourth-order valence-electron chi connectivity index (χ4n) is 2.09. The maximum atomic E-state index is 13.4. The molecule has 128 valence electrons. The van der Waals surface area contributed by atoms with Gasteiger partial charge in [-0.3, -0.25) is 9.59 Å². The van der Waals surface area contributed by atoms with E-state index in [9.17, 15) is 14.0 Å². The second-order valence-corrected chi connectivity index (χ2v) is 5.52. The lowest BCUT2D eigenvalue weighted by Gasteiger charge is -2.08. The Morgan fingerprint density at radius 1 is 1.09 bits per heavy atom. The molecular weight excluding hydrogens is 297 g/mol. The third-order valence-electron chi connectivity index (χ3n) is 3.52. The minimum Gasteiger partial charge on any atom is -0.354 e. The van der Waals surface area contributed by atoms with Crippen LogP contribution in [-0.4, -0.2) is 31.4 Å². The van der Waals surface area contributed by atoms with Crippen LogP contribution in [0.5, 0.6) is 0 Å². The number of nitrogens with two attached hydrogens (primary N) is 1. The Bertz CT molecular complexity index is 521. The van der Waals surface area contributed by atoms with Gasteiger partial charge in [0.1, 0.15) is 5.82 Å². The van der Waals surface area contributed by atoms with Crippen molar-refractivity contribution in [3.8, 4) is 0 Å². The second kappa shape index (κ2) is 10.7. The summed E-state index contributed by atoms with van der Waals surface area (Å²) in [6.07, 6.45) is 4.38. The summed E-state index contributed by atoms with van der Waals surface area (Å²) in [6, 6.07) is 4.36. The molecule has 6 heteroatoms. The van der Waals surface area contributed by atoms with Gasteiger partial charge in [0.15, 0.2) is 0 Å². The number of carbonyl (C=O) groups is 2. The summed E-state index contributed by atoms with van der Waals surface area (Å²) < 4.78 is 13.4. The Balaban J connectivity index is 2.15. The molecule has 0 spiro atoms. The zero-order valence-electron chi connectivity index (χ0n) is 13.7. The number of carbonyl (C=O) groups excluding carboxylic acids is 2. The molecule has 2 amide bonds. The quantitative estimate of drug-likeness (QED) is 0.575. The van der Waals surface area contributed by atoms with Crippen LogP contribution in [0, 0.1) is 12.7 Å². The average Bonchev–Trinajstić information content (AvgIpc) is 2.53. The Morgan fingerprint density at radius 2 is 1.78 bits per heavy atom. The highest BCUT2D eigenvalue weighted by Crippen LogP contribution is 2.08. The minimum absolute atomic E-state index is 0.0200. The molecule has 0 unspecified atom stereocenters. The maximum Gasteiger partial charge on any atom is 0.251 e. The molecule has 0 bridgehead atoms. The summed E-state index contributed by atoms with van der Waals surface area (Å²) in [5.74, 6) is -0.770. The van der Waals surface area contributed by atoms with Crippen LogP contribution in [0.3, 0.4) is 0 Å². The highest BCUT2D eigenvalue weighted by atomic mass is 19.1. The monoisotopic (exact) mass is 323 g/mol. The van der Waals surface area contributed by atoms with E-state index < -0.39 is 5.82 Å². The SMILES string of the molecule is Cc1ccc(C(=O)NCCNC(=O)CCCCCCN)cc1F. The Hall–Kier alpha value is -1.95. The van der Waals surface area contributed by atoms with Crippen LogP contribution in [0.15, 0.2) is 18.2 Å². The summed E-state index contributed by atoms with van der Waals surface area (Å²) in [7, 11) is 0. The fraction of sp³-hybridized carbons (Fsp3) is 0.529. The van der Waals surface area contributed by atoms with Gasteiger partial charge in [-0.2, -0.15) is 0 Å². The van der Waals surface area contributed by atoms with Crippen LogP contribution >= 0.6 is 0 Å². The van der Waals surface area contributed by atoms with E-state index in [4.69, 9.17) is 5.73 Å². The molecule has 0 saturated carbocycles.